The van der Waals surface area contributed by atoms with E-state index in [1.807, 2.05) is 48.5 Å². The van der Waals surface area contributed by atoms with Crippen LogP contribution in [-0.4, -0.2) is 29.5 Å². The molecule has 2 aliphatic heterocycles. The minimum absolute atomic E-state index is 0.0144. The van der Waals surface area contributed by atoms with Crippen molar-refractivity contribution in [1.29, 1.82) is 5.26 Å². The topological polar surface area (TPSA) is 65.4 Å². The number of carbonyl (C=O) groups is 1. The van der Waals surface area contributed by atoms with Gasteiger partial charge in [-0.05, 0) is 29.8 Å². The zero-order chi connectivity index (χ0) is 16.5. The first kappa shape index (κ1) is 14.7. The molecule has 2 aromatic carbocycles. The van der Waals surface area contributed by atoms with Crippen LogP contribution in [0.1, 0.15) is 17.5 Å². The summed E-state index contributed by atoms with van der Waals surface area (Å²) in [5, 5.41) is 11.9. The fourth-order valence-electron chi connectivity index (χ4n) is 3.38. The molecule has 24 heavy (non-hydrogen) atoms. The fourth-order valence-corrected chi connectivity index (χ4v) is 3.38. The molecule has 5 nitrogen and oxygen atoms in total. The highest BCUT2D eigenvalue weighted by atomic mass is 16.5. The highest BCUT2D eigenvalue weighted by Crippen LogP contribution is 2.33. The van der Waals surface area contributed by atoms with Crippen molar-refractivity contribution in [3.8, 4) is 11.8 Å². The van der Waals surface area contributed by atoms with Crippen LogP contribution < -0.4 is 10.1 Å². The average Bonchev–Trinajstić information content (AvgIpc) is 3.00. The second kappa shape index (κ2) is 5.99. The lowest BCUT2D eigenvalue weighted by molar-refractivity contribution is -0.120. The molecule has 2 aromatic rings. The number of rotatable bonds is 2. The predicted molar refractivity (Wildman–Crippen MR) is 89.5 cm³/mol. The molecular weight excluding hydrogens is 302 g/mol. The van der Waals surface area contributed by atoms with E-state index >= 15 is 0 Å². The van der Waals surface area contributed by atoms with E-state index in [0.717, 1.165) is 17.0 Å². The van der Waals surface area contributed by atoms with E-state index in [4.69, 9.17) is 10.00 Å². The maximum Gasteiger partial charge on any atom is 0.241 e. The molecule has 120 valence electrons. The summed E-state index contributed by atoms with van der Waals surface area (Å²) in [7, 11) is 0. The quantitative estimate of drug-likeness (QED) is 0.924. The molecule has 2 atom stereocenters. The van der Waals surface area contributed by atoms with E-state index in [0.29, 0.717) is 25.1 Å². The Hall–Kier alpha value is -2.84. The Morgan fingerprint density at radius 1 is 1.21 bits per heavy atom. The van der Waals surface area contributed by atoms with E-state index in [-0.39, 0.29) is 18.1 Å². The van der Waals surface area contributed by atoms with Gasteiger partial charge in [0.15, 0.2) is 0 Å². The second-order valence-electron chi connectivity index (χ2n) is 6.21. The molecule has 2 heterocycles. The standard InChI is InChI=1S/C19H17N3O2/c20-10-13-5-7-14(8-6-13)11-22-12-15-9-17(22)19(23)21-16-3-1-2-4-18(16)24-15/h1-8,15,17H,9,11-12H2,(H,21,23)/t15-,17-/m0/s1. The van der Waals surface area contributed by atoms with Gasteiger partial charge in [0.25, 0.3) is 0 Å². The fraction of sp³-hybridized carbons (Fsp3) is 0.263. The van der Waals surface area contributed by atoms with Crippen LogP contribution in [0, 0.1) is 11.3 Å². The maximum absolute atomic E-state index is 12.6. The van der Waals surface area contributed by atoms with Crippen LogP contribution in [0.25, 0.3) is 0 Å². The van der Waals surface area contributed by atoms with Crippen molar-refractivity contribution in [3.63, 3.8) is 0 Å². The Bertz CT molecular complexity index is 810. The number of fused-ring (bicyclic) bond motifs is 3. The number of ether oxygens (including phenoxy) is 1. The number of likely N-dealkylation sites (tertiary alicyclic amines) is 1. The summed E-state index contributed by atoms with van der Waals surface area (Å²) < 4.78 is 6.08. The summed E-state index contributed by atoms with van der Waals surface area (Å²) in [5.74, 6) is 0.747. The van der Waals surface area contributed by atoms with Gasteiger partial charge in [-0.25, -0.2) is 0 Å². The zero-order valence-electron chi connectivity index (χ0n) is 13.1. The maximum atomic E-state index is 12.6. The van der Waals surface area contributed by atoms with Crippen molar-refractivity contribution < 1.29 is 9.53 Å². The van der Waals surface area contributed by atoms with Gasteiger partial charge in [-0.15, -0.1) is 0 Å². The van der Waals surface area contributed by atoms with Crippen LogP contribution in [0.15, 0.2) is 48.5 Å². The highest BCUT2D eigenvalue weighted by Gasteiger charge is 2.39. The van der Waals surface area contributed by atoms with E-state index < -0.39 is 0 Å². The summed E-state index contributed by atoms with van der Waals surface area (Å²) >= 11 is 0. The molecule has 0 aliphatic carbocycles. The zero-order valence-corrected chi connectivity index (χ0v) is 13.1. The molecule has 1 N–H and O–H groups in total. The first-order chi connectivity index (χ1) is 11.7. The Morgan fingerprint density at radius 2 is 2.00 bits per heavy atom. The van der Waals surface area contributed by atoms with Crippen LogP contribution in [0.4, 0.5) is 5.69 Å². The molecular formula is C19H17N3O2. The monoisotopic (exact) mass is 319 g/mol. The second-order valence-corrected chi connectivity index (χ2v) is 6.21. The molecule has 0 spiro atoms. The van der Waals surface area contributed by atoms with Gasteiger partial charge in [0.05, 0.1) is 23.4 Å². The van der Waals surface area contributed by atoms with E-state index in [2.05, 4.69) is 16.3 Å². The third-order valence-electron chi connectivity index (χ3n) is 4.57. The minimum Gasteiger partial charge on any atom is -0.487 e. The van der Waals surface area contributed by atoms with Gasteiger partial charge in [0.1, 0.15) is 11.9 Å². The van der Waals surface area contributed by atoms with Gasteiger partial charge in [0, 0.05) is 19.5 Å². The molecule has 5 heteroatoms. The summed E-state index contributed by atoms with van der Waals surface area (Å²) in [6.07, 6.45) is 0.705. The van der Waals surface area contributed by atoms with Crippen LogP contribution >= 0.6 is 0 Å². The number of benzene rings is 2. The summed E-state index contributed by atoms with van der Waals surface area (Å²) in [6.45, 7) is 1.38. The summed E-state index contributed by atoms with van der Waals surface area (Å²) in [5.41, 5.74) is 2.46. The normalized spacial score (nSPS) is 22.5. The summed E-state index contributed by atoms with van der Waals surface area (Å²) in [6, 6.07) is 17.0. The molecule has 0 aromatic heterocycles. The number of amides is 1. The largest absolute Gasteiger partial charge is 0.487 e. The van der Waals surface area contributed by atoms with Crippen molar-refractivity contribution >= 4 is 11.6 Å². The molecule has 1 saturated heterocycles. The van der Waals surface area contributed by atoms with E-state index in [1.54, 1.807) is 0 Å². The SMILES string of the molecule is N#Cc1ccc(CN2C[C@@H]3C[C@H]2C(=O)Nc2ccccc2O3)cc1. The molecule has 2 bridgehead atoms. The van der Waals surface area contributed by atoms with Gasteiger partial charge in [-0.2, -0.15) is 5.26 Å². The van der Waals surface area contributed by atoms with Gasteiger partial charge < -0.3 is 10.1 Å². The van der Waals surface area contributed by atoms with E-state index in [1.165, 1.54) is 0 Å². The average molecular weight is 319 g/mol. The van der Waals surface area contributed by atoms with Gasteiger partial charge in [-0.3, -0.25) is 9.69 Å². The first-order valence-corrected chi connectivity index (χ1v) is 8.02. The number of carbonyl (C=O) groups excluding carboxylic acids is 1. The van der Waals surface area contributed by atoms with Gasteiger partial charge in [0.2, 0.25) is 5.91 Å². The third-order valence-corrected chi connectivity index (χ3v) is 4.57. The molecule has 1 fully saturated rings. The number of hydrogen-bond acceptors (Lipinski definition) is 4. The summed E-state index contributed by atoms with van der Waals surface area (Å²) in [4.78, 5) is 14.8. The van der Waals surface area contributed by atoms with Crippen LogP contribution in [0.5, 0.6) is 5.75 Å². The Kier molecular flexibility index (Phi) is 3.68. The molecule has 0 saturated carbocycles. The van der Waals surface area contributed by atoms with Crippen LogP contribution in [0.3, 0.4) is 0 Å². The number of hydrogen-bond donors (Lipinski definition) is 1. The lowest BCUT2D eigenvalue weighted by Crippen LogP contribution is -2.39. The lowest BCUT2D eigenvalue weighted by Gasteiger charge is -2.23. The Balaban J connectivity index is 1.55. The first-order valence-electron chi connectivity index (χ1n) is 8.02. The van der Waals surface area contributed by atoms with Crippen molar-refractivity contribution in [2.75, 3.05) is 11.9 Å². The predicted octanol–water partition coefficient (Wildman–Crippen LogP) is 2.53. The highest BCUT2D eigenvalue weighted by molar-refractivity contribution is 5.96. The van der Waals surface area contributed by atoms with Crippen molar-refractivity contribution in [2.24, 2.45) is 0 Å². The Morgan fingerprint density at radius 3 is 2.79 bits per heavy atom. The van der Waals surface area contributed by atoms with Gasteiger partial charge >= 0.3 is 0 Å². The number of para-hydroxylation sites is 2. The molecule has 4 rings (SSSR count). The van der Waals surface area contributed by atoms with Crippen molar-refractivity contribution in [2.45, 2.75) is 25.1 Å². The van der Waals surface area contributed by atoms with Crippen molar-refractivity contribution in [1.82, 2.24) is 4.90 Å². The third kappa shape index (κ3) is 2.72. The van der Waals surface area contributed by atoms with Crippen LogP contribution in [0.2, 0.25) is 0 Å². The van der Waals surface area contributed by atoms with Crippen molar-refractivity contribution in [3.05, 3.63) is 59.7 Å². The molecule has 2 aliphatic rings. The molecule has 1 amide bonds. The number of nitriles is 1. The lowest BCUT2D eigenvalue weighted by atomic mass is 10.1. The molecule has 0 unspecified atom stereocenters. The minimum atomic E-state index is -0.195. The number of nitrogens with zero attached hydrogens (tertiary/aromatic N) is 2. The Labute approximate surface area is 140 Å². The van der Waals surface area contributed by atoms with Gasteiger partial charge in [-0.1, -0.05) is 24.3 Å². The smallest absolute Gasteiger partial charge is 0.241 e. The number of anilines is 1. The molecule has 0 radical (unpaired) electrons. The van der Waals surface area contributed by atoms with Crippen LogP contribution in [-0.2, 0) is 11.3 Å². The van der Waals surface area contributed by atoms with E-state index in [9.17, 15) is 4.79 Å². The number of nitrogens with one attached hydrogen (secondary N) is 1.